The molecule has 16 nitrogen and oxygen atoms in total. The van der Waals surface area contributed by atoms with Crippen LogP contribution in [0, 0.1) is 11.8 Å². The van der Waals surface area contributed by atoms with Gasteiger partial charge >= 0.3 is 12.3 Å². The van der Waals surface area contributed by atoms with Gasteiger partial charge in [0.05, 0.1) is 28.0 Å². The maximum absolute atomic E-state index is 14.0. The molecule has 290 valence electrons. The zero-order valence-corrected chi connectivity index (χ0v) is 30.4. The molecule has 0 unspecified atom stereocenters. The van der Waals surface area contributed by atoms with Crippen LogP contribution < -0.4 is 5.32 Å². The van der Waals surface area contributed by atoms with Gasteiger partial charge in [0.25, 0.3) is 11.8 Å². The van der Waals surface area contributed by atoms with Gasteiger partial charge in [-0.3, -0.25) is 14.4 Å². The summed E-state index contributed by atoms with van der Waals surface area (Å²) in [7, 11) is 1.40. The van der Waals surface area contributed by atoms with Crippen LogP contribution in [0.3, 0.4) is 0 Å². The van der Waals surface area contributed by atoms with Crippen molar-refractivity contribution in [3.05, 3.63) is 71.2 Å². The highest BCUT2D eigenvalue weighted by molar-refractivity contribution is 6.34. The number of likely N-dealkylation sites (tertiary alicyclic amines) is 2. The quantitative estimate of drug-likeness (QED) is 0.269. The van der Waals surface area contributed by atoms with Crippen molar-refractivity contribution in [2.24, 2.45) is 18.9 Å². The molecule has 2 N–H and O–H groups in total. The molecule has 0 saturated carbocycles. The molecule has 3 aliphatic heterocycles. The fraction of sp³-hybridized carbons (Fsp3) is 0.429. The number of benzene rings is 1. The van der Waals surface area contributed by atoms with E-state index in [1.54, 1.807) is 9.80 Å². The van der Waals surface area contributed by atoms with Gasteiger partial charge in [0.15, 0.2) is 11.5 Å². The second kappa shape index (κ2) is 15.3. The molecule has 6 heterocycles. The summed E-state index contributed by atoms with van der Waals surface area (Å²) in [6, 6.07) is 5.89. The Kier molecular flexibility index (Phi) is 10.5. The molecule has 4 amide bonds. The molecule has 3 aliphatic rings. The first-order chi connectivity index (χ1) is 26.3. The predicted octanol–water partition coefficient (Wildman–Crippen LogP) is 3.59. The Labute approximate surface area is 317 Å². The van der Waals surface area contributed by atoms with Crippen molar-refractivity contribution in [1.29, 1.82) is 0 Å². The van der Waals surface area contributed by atoms with Crippen molar-refractivity contribution < 1.29 is 37.5 Å². The second-order valence-electron chi connectivity index (χ2n) is 13.8. The van der Waals surface area contributed by atoms with Crippen LogP contribution in [0.2, 0.25) is 5.02 Å². The highest BCUT2D eigenvalue weighted by Crippen LogP contribution is 2.37. The van der Waals surface area contributed by atoms with Gasteiger partial charge in [-0.15, -0.1) is 0 Å². The standard InChI is InChI=1S/C35H37ClF3N11O5/c1-45-27(25-20-50(33-40-7-2-8-41-33)44-28(25)35(37,38)39)16-42-29(45)30(51)43-23-3-4-24(26(36)15-23)32(53)48-13-11-47(12-14-48)31(52)22-5-9-46(10-6-22)17-21-18-49(19-21)34(54)55/h2-4,7-8,15-16,20-22H,5-6,9-14,17-19H2,1H3,(H,43,51)(H,54,55). The van der Waals surface area contributed by atoms with E-state index in [2.05, 4.69) is 30.3 Å². The molecule has 1 aromatic carbocycles. The number of hydrogen-bond acceptors (Lipinski definition) is 9. The van der Waals surface area contributed by atoms with Crippen molar-refractivity contribution in [3.8, 4) is 17.2 Å². The predicted molar refractivity (Wildman–Crippen MR) is 190 cm³/mol. The number of halogens is 4. The number of anilines is 1. The number of carboxylic acid groups (broad SMARTS) is 1. The molecule has 20 heteroatoms. The summed E-state index contributed by atoms with van der Waals surface area (Å²) in [5.74, 6) is -0.982. The smallest absolute Gasteiger partial charge is 0.435 e. The highest BCUT2D eigenvalue weighted by atomic mass is 35.5. The van der Waals surface area contributed by atoms with Gasteiger partial charge in [-0.2, -0.15) is 18.3 Å². The molecule has 3 saturated heterocycles. The molecule has 3 aromatic heterocycles. The number of imidazole rings is 1. The molecule has 3 fully saturated rings. The summed E-state index contributed by atoms with van der Waals surface area (Å²) >= 11 is 6.52. The summed E-state index contributed by atoms with van der Waals surface area (Å²) < 4.78 is 44.1. The number of piperidine rings is 1. The number of hydrogen-bond donors (Lipinski definition) is 2. The summed E-state index contributed by atoms with van der Waals surface area (Å²) in [4.78, 5) is 70.1. The molecular weight excluding hydrogens is 747 g/mol. The number of aromatic nitrogens is 6. The minimum atomic E-state index is -4.83. The third kappa shape index (κ3) is 7.98. The number of nitrogens with zero attached hydrogens (tertiary/aromatic N) is 10. The average molecular weight is 784 g/mol. The third-order valence-corrected chi connectivity index (χ3v) is 10.5. The van der Waals surface area contributed by atoms with Gasteiger partial charge in [-0.1, -0.05) is 11.6 Å². The molecule has 0 bridgehead atoms. The molecule has 0 atom stereocenters. The molecule has 55 heavy (non-hydrogen) atoms. The van der Waals surface area contributed by atoms with Gasteiger partial charge in [0.2, 0.25) is 11.9 Å². The van der Waals surface area contributed by atoms with E-state index < -0.39 is 23.9 Å². The van der Waals surface area contributed by atoms with Gasteiger partial charge < -0.3 is 34.6 Å². The van der Waals surface area contributed by atoms with Crippen LogP contribution in [-0.4, -0.2) is 137 Å². The Hall–Kier alpha value is -5.56. The number of carbonyl (C=O) groups is 4. The average Bonchev–Trinajstić information content (AvgIpc) is 3.77. The number of piperazine rings is 1. The van der Waals surface area contributed by atoms with E-state index in [1.807, 2.05) is 0 Å². The van der Waals surface area contributed by atoms with E-state index in [1.165, 1.54) is 53.2 Å². The Balaban J connectivity index is 0.926. The van der Waals surface area contributed by atoms with Crippen LogP contribution in [-0.2, 0) is 18.0 Å². The topological polar surface area (TPSA) is 175 Å². The molecule has 0 aliphatic carbocycles. The summed E-state index contributed by atoms with van der Waals surface area (Å²) in [6.45, 7) is 4.95. The molecule has 4 aromatic rings. The van der Waals surface area contributed by atoms with Gasteiger partial charge in [-0.05, 0) is 50.2 Å². The van der Waals surface area contributed by atoms with Crippen LogP contribution in [0.1, 0.15) is 39.5 Å². The van der Waals surface area contributed by atoms with Crippen molar-refractivity contribution in [1.82, 2.24) is 48.9 Å². The van der Waals surface area contributed by atoms with Crippen molar-refractivity contribution in [2.75, 3.05) is 64.2 Å². The summed E-state index contributed by atoms with van der Waals surface area (Å²) in [5.41, 5.74) is -1.11. The molecular formula is C35H37ClF3N11O5. The lowest BCUT2D eigenvalue weighted by atomic mass is 9.93. The maximum atomic E-state index is 14.0. The van der Waals surface area contributed by atoms with Crippen LogP contribution in [0.4, 0.5) is 23.7 Å². The number of rotatable bonds is 8. The SMILES string of the molecule is Cn1c(-c2cn(-c3ncccn3)nc2C(F)(F)F)cnc1C(=O)Nc1ccc(C(=O)N2CCN(C(=O)C3CCN(CC4CN(C(=O)O)C4)CC3)CC2)c(Cl)c1. The first-order valence-corrected chi connectivity index (χ1v) is 18.0. The zero-order chi connectivity index (χ0) is 39.0. The van der Waals surface area contributed by atoms with Crippen LogP contribution >= 0.6 is 11.6 Å². The van der Waals surface area contributed by atoms with E-state index in [-0.39, 0.29) is 57.0 Å². The molecule has 7 rings (SSSR count). The van der Waals surface area contributed by atoms with Gasteiger partial charge in [-0.25, -0.2) is 24.4 Å². The first kappa shape index (κ1) is 37.7. The molecule has 0 radical (unpaired) electrons. The van der Waals surface area contributed by atoms with E-state index in [0.717, 1.165) is 49.6 Å². The minimum absolute atomic E-state index is 0.0256. The lowest BCUT2D eigenvalue weighted by molar-refractivity contribution is -0.141. The van der Waals surface area contributed by atoms with Crippen molar-refractivity contribution >= 4 is 41.1 Å². The van der Waals surface area contributed by atoms with Gasteiger partial charge in [0.1, 0.15) is 0 Å². The van der Waals surface area contributed by atoms with Crippen LogP contribution in [0.5, 0.6) is 0 Å². The lowest BCUT2D eigenvalue weighted by Crippen LogP contribution is -2.55. The number of amides is 4. The van der Waals surface area contributed by atoms with Crippen LogP contribution in [0.25, 0.3) is 17.2 Å². The van der Waals surface area contributed by atoms with Crippen molar-refractivity contribution in [2.45, 2.75) is 19.0 Å². The lowest BCUT2D eigenvalue weighted by Gasteiger charge is -2.42. The van der Waals surface area contributed by atoms with E-state index in [0.29, 0.717) is 45.2 Å². The molecule has 0 spiro atoms. The Morgan fingerprint density at radius 3 is 2.25 bits per heavy atom. The highest BCUT2D eigenvalue weighted by Gasteiger charge is 2.39. The van der Waals surface area contributed by atoms with E-state index >= 15 is 0 Å². The largest absolute Gasteiger partial charge is 0.465 e. The second-order valence-corrected chi connectivity index (χ2v) is 14.2. The fourth-order valence-corrected chi connectivity index (χ4v) is 7.50. The zero-order valence-electron chi connectivity index (χ0n) is 29.6. The third-order valence-electron chi connectivity index (χ3n) is 10.2. The Bertz CT molecular complexity index is 2090. The van der Waals surface area contributed by atoms with Gasteiger partial charge in [0, 0.05) is 89.0 Å². The monoisotopic (exact) mass is 783 g/mol. The minimum Gasteiger partial charge on any atom is -0.465 e. The number of carbonyl (C=O) groups excluding carboxylic acids is 3. The fourth-order valence-electron chi connectivity index (χ4n) is 7.23. The number of nitrogens with one attached hydrogen (secondary N) is 1. The first-order valence-electron chi connectivity index (χ1n) is 17.6. The summed E-state index contributed by atoms with van der Waals surface area (Å²) in [5, 5.41) is 15.4. The maximum Gasteiger partial charge on any atom is 0.435 e. The van der Waals surface area contributed by atoms with Crippen LogP contribution in [0.15, 0.2) is 49.1 Å². The Morgan fingerprint density at radius 1 is 0.945 bits per heavy atom. The number of alkyl halides is 3. The van der Waals surface area contributed by atoms with E-state index in [4.69, 9.17) is 16.7 Å². The van der Waals surface area contributed by atoms with Crippen molar-refractivity contribution in [3.63, 3.8) is 0 Å². The summed E-state index contributed by atoms with van der Waals surface area (Å²) in [6.07, 6.45) is 0.758. The Morgan fingerprint density at radius 2 is 1.62 bits per heavy atom. The van der Waals surface area contributed by atoms with E-state index in [9.17, 15) is 32.3 Å². The normalized spacial score (nSPS) is 17.3.